The first-order chi connectivity index (χ1) is 11.8. The van der Waals surface area contributed by atoms with Crippen LogP contribution in [0.15, 0.2) is 41.8 Å². The molecule has 1 aliphatic rings. The number of H-pyrrole nitrogens is 1. The molecule has 0 saturated carbocycles. The zero-order chi connectivity index (χ0) is 16.5. The zero-order valence-electron chi connectivity index (χ0n) is 13.4. The molecule has 0 bridgehead atoms. The van der Waals surface area contributed by atoms with E-state index >= 15 is 0 Å². The van der Waals surface area contributed by atoms with Gasteiger partial charge in [-0.25, -0.2) is 4.79 Å². The van der Waals surface area contributed by atoms with Crippen LogP contribution in [0.25, 0.3) is 28.4 Å². The van der Waals surface area contributed by atoms with Crippen LogP contribution in [0.3, 0.4) is 0 Å². The lowest BCUT2D eigenvalue weighted by Gasteiger charge is -2.30. The van der Waals surface area contributed by atoms with Crippen LogP contribution in [0.2, 0.25) is 0 Å². The predicted octanol–water partition coefficient (Wildman–Crippen LogP) is 2.88. The number of fused-ring (bicyclic) bond motifs is 1. The summed E-state index contributed by atoms with van der Waals surface area (Å²) in [4.78, 5) is 18.9. The molecule has 24 heavy (non-hydrogen) atoms. The van der Waals surface area contributed by atoms with Gasteiger partial charge in [-0.15, -0.1) is 0 Å². The molecule has 0 aliphatic carbocycles. The summed E-state index contributed by atoms with van der Waals surface area (Å²) in [7, 11) is 0. The number of rotatable bonds is 3. The lowest BCUT2D eigenvalue weighted by molar-refractivity contribution is 0.569. The second-order valence-corrected chi connectivity index (χ2v) is 6.05. The number of nitrogens with zero attached hydrogens (tertiary/aromatic N) is 4. The highest BCUT2D eigenvalue weighted by Gasteiger charge is 2.17. The van der Waals surface area contributed by atoms with Gasteiger partial charge >= 0.3 is 5.69 Å². The van der Waals surface area contributed by atoms with Crippen molar-refractivity contribution in [3.63, 3.8) is 0 Å². The number of piperidine rings is 1. The van der Waals surface area contributed by atoms with E-state index < -0.39 is 0 Å². The third kappa shape index (κ3) is 2.50. The van der Waals surface area contributed by atoms with Crippen molar-refractivity contribution in [1.29, 1.82) is 0 Å². The van der Waals surface area contributed by atoms with Crippen LogP contribution in [-0.4, -0.2) is 32.8 Å². The summed E-state index contributed by atoms with van der Waals surface area (Å²) in [5.74, 6) is 0.868. The van der Waals surface area contributed by atoms with Crippen molar-refractivity contribution in [2.45, 2.75) is 19.3 Å². The van der Waals surface area contributed by atoms with Crippen molar-refractivity contribution in [3.8, 4) is 11.3 Å². The van der Waals surface area contributed by atoms with E-state index in [0.717, 1.165) is 48.2 Å². The molecule has 1 aliphatic heterocycles. The lowest BCUT2D eigenvalue weighted by Crippen LogP contribution is -2.34. The monoisotopic (exact) mass is 321 g/mol. The fourth-order valence-corrected chi connectivity index (χ4v) is 3.27. The number of nitrogens with one attached hydrogen (secondary N) is 1. The Morgan fingerprint density at radius 2 is 2.00 bits per heavy atom. The van der Waals surface area contributed by atoms with E-state index in [0.29, 0.717) is 5.69 Å². The van der Waals surface area contributed by atoms with Crippen molar-refractivity contribution in [1.82, 2.24) is 19.7 Å². The Morgan fingerprint density at radius 1 is 1.17 bits per heavy atom. The van der Waals surface area contributed by atoms with Gasteiger partial charge in [0, 0.05) is 36.3 Å². The minimum absolute atomic E-state index is 0.296. The van der Waals surface area contributed by atoms with Crippen LogP contribution in [-0.2, 0) is 0 Å². The van der Waals surface area contributed by atoms with Gasteiger partial charge in [0.05, 0.1) is 17.4 Å². The first-order valence-electron chi connectivity index (χ1n) is 8.21. The van der Waals surface area contributed by atoms with Crippen molar-refractivity contribution < 1.29 is 0 Å². The predicted molar refractivity (Wildman–Crippen MR) is 96.0 cm³/mol. The highest BCUT2D eigenvalue weighted by Crippen LogP contribution is 2.26. The molecule has 2 aromatic heterocycles. The summed E-state index contributed by atoms with van der Waals surface area (Å²) >= 11 is 0. The van der Waals surface area contributed by atoms with E-state index in [1.165, 1.54) is 11.0 Å². The summed E-state index contributed by atoms with van der Waals surface area (Å²) in [5.41, 5.74) is 2.27. The Hall–Kier alpha value is -2.89. The number of anilines is 1. The Balaban J connectivity index is 1.84. The van der Waals surface area contributed by atoms with E-state index in [-0.39, 0.29) is 5.69 Å². The standard InChI is InChI=1S/C18H19N5O/c1-2-23-17(22-8-4-3-5-9-22)11-16(20-18(23)24)13-6-7-15-14(10-13)12-19-21-15/h2,6-7,10-12H,1,3-5,8-9H2,(H,19,21). The maximum Gasteiger partial charge on any atom is 0.353 e. The molecule has 3 heterocycles. The van der Waals surface area contributed by atoms with Gasteiger partial charge in [0.2, 0.25) is 0 Å². The fraction of sp³-hybridized carbons (Fsp3) is 0.278. The van der Waals surface area contributed by atoms with Crippen molar-refractivity contribution >= 4 is 22.9 Å². The first kappa shape index (κ1) is 14.7. The fourth-order valence-electron chi connectivity index (χ4n) is 3.27. The maximum absolute atomic E-state index is 12.5. The highest BCUT2D eigenvalue weighted by molar-refractivity contribution is 5.83. The van der Waals surface area contributed by atoms with Crippen LogP contribution in [0, 0.1) is 0 Å². The number of benzene rings is 1. The van der Waals surface area contributed by atoms with Gasteiger partial charge in [-0.05, 0) is 31.4 Å². The van der Waals surface area contributed by atoms with E-state index in [9.17, 15) is 4.79 Å². The molecular weight excluding hydrogens is 302 g/mol. The van der Waals surface area contributed by atoms with Crippen LogP contribution in [0.4, 0.5) is 5.82 Å². The van der Waals surface area contributed by atoms with E-state index in [4.69, 9.17) is 0 Å². The van der Waals surface area contributed by atoms with Crippen LogP contribution >= 0.6 is 0 Å². The summed E-state index contributed by atoms with van der Waals surface area (Å²) in [5, 5.41) is 7.97. The lowest BCUT2D eigenvalue weighted by atomic mass is 10.1. The van der Waals surface area contributed by atoms with Gasteiger partial charge in [-0.2, -0.15) is 10.1 Å². The molecular formula is C18H19N5O. The quantitative estimate of drug-likeness (QED) is 0.805. The third-order valence-corrected chi connectivity index (χ3v) is 4.53. The van der Waals surface area contributed by atoms with Gasteiger partial charge in [0.25, 0.3) is 0 Å². The average molecular weight is 321 g/mol. The molecule has 0 atom stereocenters. The van der Waals surface area contributed by atoms with Crippen LogP contribution in [0.1, 0.15) is 19.3 Å². The van der Waals surface area contributed by atoms with Gasteiger partial charge in [-0.1, -0.05) is 12.6 Å². The number of aromatic nitrogens is 4. The molecule has 6 heteroatoms. The van der Waals surface area contributed by atoms with E-state index in [1.54, 1.807) is 12.4 Å². The molecule has 1 fully saturated rings. The maximum atomic E-state index is 12.5. The Morgan fingerprint density at radius 3 is 2.79 bits per heavy atom. The second-order valence-electron chi connectivity index (χ2n) is 6.05. The normalized spacial score (nSPS) is 14.9. The molecule has 6 nitrogen and oxygen atoms in total. The number of hydrogen-bond acceptors (Lipinski definition) is 4. The number of aromatic amines is 1. The highest BCUT2D eigenvalue weighted by atomic mass is 16.1. The molecule has 3 aromatic rings. The van der Waals surface area contributed by atoms with Gasteiger partial charge in [0.15, 0.2) is 0 Å². The molecule has 0 spiro atoms. The summed E-state index contributed by atoms with van der Waals surface area (Å²) in [6.07, 6.45) is 6.84. The smallest absolute Gasteiger partial charge is 0.353 e. The molecule has 1 N–H and O–H groups in total. The topological polar surface area (TPSA) is 66.8 Å². The minimum Gasteiger partial charge on any atom is -0.358 e. The van der Waals surface area contributed by atoms with Crippen LogP contribution < -0.4 is 10.6 Å². The Bertz CT molecular complexity index is 949. The SMILES string of the molecule is C=Cn1c(N2CCCCC2)cc(-c2ccc3[nH]ncc3c2)nc1=O. The number of hydrogen-bond donors (Lipinski definition) is 1. The minimum atomic E-state index is -0.296. The summed E-state index contributed by atoms with van der Waals surface area (Å²) in [6, 6.07) is 7.90. The molecule has 4 rings (SSSR count). The largest absolute Gasteiger partial charge is 0.358 e. The van der Waals surface area contributed by atoms with Crippen molar-refractivity contribution in [2.75, 3.05) is 18.0 Å². The third-order valence-electron chi connectivity index (χ3n) is 4.53. The van der Waals surface area contributed by atoms with E-state index in [2.05, 4.69) is 26.7 Å². The summed E-state index contributed by atoms with van der Waals surface area (Å²) < 4.78 is 1.53. The second kappa shape index (κ2) is 5.96. The van der Waals surface area contributed by atoms with Crippen LogP contribution in [0.5, 0.6) is 0 Å². The molecule has 1 saturated heterocycles. The van der Waals surface area contributed by atoms with Gasteiger partial charge in [0.1, 0.15) is 5.82 Å². The van der Waals surface area contributed by atoms with Gasteiger partial charge < -0.3 is 4.90 Å². The zero-order valence-corrected chi connectivity index (χ0v) is 13.4. The average Bonchev–Trinajstić information content (AvgIpc) is 3.09. The Labute approximate surface area is 139 Å². The van der Waals surface area contributed by atoms with Crippen molar-refractivity contribution in [2.24, 2.45) is 0 Å². The molecule has 122 valence electrons. The van der Waals surface area contributed by atoms with E-state index in [1.807, 2.05) is 24.3 Å². The molecule has 1 aromatic carbocycles. The molecule has 0 unspecified atom stereocenters. The Kier molecular flexibility index (Phi) is 3.65. The summed E-state index contributed by atoms with van der Waals surface area (Å²) in [6.45, 7) is 5.68. The van der Waals surface area contributed by atoms with Gasteiger partial charge in [-0.3, -0.25) is 9.67 Å². The first-order valence-corrected chi connectivity index (χ1v) is 8.21. The van der Waals surface area contributed by atoms with Crippen molar-refractivity contribution in [3.05, 3.63) is 47.5 Å². The molecule has 0 radical (unpaired) electrons. The molecule has 0 amide bonds.